The fourth-order valence-electron chi connectivity index (χ4n) is 6.68. The Balaban J connectivity index is 0.000000311. The van der Waals surface area contributed by atoms with E-state index in [0.29, 0.717) is 0 Å². The molecule has 0 radical (unpaired) electrons. The van der Waals surface area contributed by atoms with Crippen LogP contribution in [0.1, 0.15) is 0 Å². The van der Waals surface area contributed by atoms with E-state index in [4.69, 9.17) is 4.84 Å². The van der Waals surface area contributed by atoms with Gasteiger partial charge in [0.1, 0.15) is 52.7 Å². The van der Waals surface area contributed by atoms with Crippen molar-refractivity contribution in [3.05, 3.63) is 189 Å². The molecule has 0 saturated heterocycles. The zero-order chi connectivity index (χ0) is 45.9. The van der Waals surface area contributed by atoms with Crippen molar-refractivity contribution in [2.45, 2.75) is 0 Å². The summed E-state index contributed by atoms with van der Waals surface area (Å²) in [5, 5.41) is 1.16. The first-order valence-corrected chi connectivity index (χ1v) is 16.5. The monoisotopic (exact) mass is 901 g/mol. The van der Waals surface area contributed by atoms with Crippen LogP contribution < -0.4 is 31.4 Å². The van der Waals surface area contributed by atoms with E-state index >= 15 is 35.1 Å². The van der Waals surface area contributed by atoms with Crippen molar-refractivity contribution >= 4 is 38.9 Å². The van der Waals surface area contributed by atoms with Gasteiger partial charge in [-0.05, 0) is 24.3 Å². The summed E-state index contributed by atoms with van der Waals surface area (Å²) in [6.07, 6.45) is -5.31. The molecule has 0 saturated carbocycles. The molecule has 0 spiro atoms. The van der Waals surface area contributed by atoms with Gasteiger partial charge in [-0.3, -0.25) is 0 Å². The maximum atomic E-state index is 15.4. The standard InChI is InChI=1S/C24BF20.C15H12NO/c26-5-1(6(27)14(35)21(42)13(5)34)25(2-7(28)15(36)22(43)16(37)8(2)29,3-9(30)17(38)23(44)18(39)10(3)31)4-11(32)19(40)24(45)20(41)12(4)33;1-2-9-14(10-3-1)17-16-12-6-8-13-7-4-5-11-15(13)16/h;1-12H/q-1;+1. The van der Waals surface area contributed by atoms with Gasteiger partial charge in [0, 0.05) is 16.9 Å². The minimum Gasteiger partial charge on any atom is -0.231 e. The molecule has 23 heteroatoms. The van der Waals surface area contributed by atoms with E-state index in [0.717, 1.165) is 16.7 Å². The van der Waals surface area contributed by atoms with E-state index in [1.807, 2.05) is 60.8 Å². The quantitative estimate of drug-likeness (QED) is 0.0535. The molecule has 0 atom stereocenters. The fourth-order valence-corrected chi connectivity index (χ4v) is 6.68. The van der Waals surface area contributed by atoms with Gasteiger partial charge < -0.3 is 0 Å². The van der Waals surface area contributed by atoms with E-state index in [1.54, 1.807) is 4.73 Å². The number of pyridine rings is 1. The van der Waals surface area contributed by atoms with Crippen LogP contribution in [-0.2, 0) is 0 Å². The predicted octanol–water partition coefficient (Wildman–Crippen LogP) is 8.82. The lowest BCUT2D eigenvalue weighted by atomic mass is 9.12. The number of halogens is 20. The number of aromatic nitrogens is 1. The second kappa shape index (κ2) is 16.6. The van der Waals surface area contributed by atoms with E-state index in [1.165, 1.54) is 0 Å². The van der Waals surface area contributed by atoms with Gasteiger partial charge >= 0.3 is 0 Å². The average Bonchev–Trinajstić information content (AvgIpc) is 3.27. The summed E-state index contributed by atoms with van der Waals surface area (Å²) in [5.41, 5.74) is -13.3. The summed E-state index contributed by atoms with van der Waals surface area (Å²) >= 11 is 0. The number of hydrogen-bond donors (Lipinski definition) is 0. The second-order valence-corrected chi connectivity index (χ2v) is 12.6. The molecule has 0 unspecified atom stereocenters. The third kappa shape index (κ3) is 6.78. The zero-order valence-corrected chi connectivity index (χ0v) is 29.4. The Kier molecular flexibility index (Phi) is 12.0. The number of para-hydroxylation sites is 2. The lowest BCUT2D eigenvalue weighted by Gasteiger charge is -2.44. The van der Waals surface area contributed by atoms with Gasteiger partial charge in [-0.15, -0.1) is 21.9 Å². The number of benzene rings is 6. The van der Waals surface area contributed by atoms with E-state index in [-0.39, 0.29) is 0 Å². The van der Waals surface area contributed by atoms with Crippen LogP contribution in [0.3, 0.4) is 0 Å². The van der Waals surface area contributed by atoms with Crippen LogP contribution in [0.2, 0.25) is 0 Å². The van der Waals surface area contributed by atoms with Crippen LogP contribution >= 0.6 is 0 Å². The SMILES string of the molecule is Fc1c(F)c(F)c([B-](c2c(F)c(F)c(F)c(F)c2F)(c2c(F)c(F)c(F)c(F)c2F)c2c(F)c(F)c(F)c(F)c2F)c(F)c1F.c1ccc(O[n+]2cccc3ccccc32)cc1. The highest BCUT2D eigenvalue weighted by atomic mass is 19.2. The van der Waals surface area contributed by atoms with Crippen LogP contribution in [0.5, 0.6) is 5.75 Å². The predicted molar refractivity (Wildman–Crippen MR) is 176 cm³/mol. The highest BCUT2D eigenvalue weighted by molar-refractivity contribution is 7.20. The Morgan fingerprint density at radius 1 is 0.290 bits per heavy atom. The molecule has 322 valence electrons. The van der Waals surface area contributed by atoms with Crippen molar-refractivity contribution in [1.29, 1.82) is 0 Å². The summed E-state index contributed by atoms with van der Waals surface area (Å²) < 4.78 is 296. The molecule has 0 aliphatic rings. The Morgan fingerprint density at radius 2 is 0.548 bits per heavy atom. The molecular formula is C39H12BF20NO. The van der Waals surface area contributed by atoms with Crippen molar-refractivity contribution in [3.63, 3.8) is 0 Å². The minimum atomic E-state index is -7.22. The number of fused-ring (bicyclic) bond motifs is 1. The molecule has 0 aliphatic carbocycles. The molecular weight excluding hydrogens is 889 g/mol. The minimum absolute atomic E-state index is 0.828. The summed E-state index contributed by atoms with van der Waals surface area (Å²) in [6, 6.07) is 22.0. The summed E-state index contributed by atoms with van der Waals surface area (Å²) in [6.45, 7) is 0. The molecule has 0 amide bonds. The Bertz CT molecular complexity index is 2560. The lowest BCUT2D eigenvalue weighted by molar-refractivity contribution is -0.854. The molecule has 0 bridgehead atoms. The Labute approximate surface area is 331 Å². The highest BCUT2D eigenvalue weighted by Gasteiger charge is 2.52. The first-order valence-electron chi connectivity index (χ1n) is 16.5. The van der Waals surface area contributed by atoms with Crippen molar-refractivity contribution < 1.29 is 97.4 Å². The second-order valence-electron chi connectivity index (χ2n) is 12.6. The molecule has 1 heterocycles. The van der Waals surface area contributed by atoms with E-state index < -0.39 is 144 Å². The number of nitrogens with zero attached hydrogens (tertiary/aromatic N) is 1. The maximum absolute atomic E-state index is 15.4. The molecule has 0 fully saturated rings. The number of rotatable bonds is 6. The lowest BCUT2D eigenvalue weighted by Crippen LogP contribution is -2.81. The molecule has 7 rings (SSSR count). The van der Waals surface area contributed by atoms with Gasteiger partial charge in [-0.1, -0.05) is 30.3 Å². The molecule has 6 aromatic carbocycles. The highest BCUT2D eigenvalue weighted by Crippen LogP contribution is 2.31. The van der Waals surface area contributed by atoms with Gasteiger partial charge in [0.25, 0.3) is 5.52 Å². The summed E-state index contributed by atoms with van der Waals surface area (Å²) in [5.74, 6) is -70.6. The van der Waals surface area contributed by atoms with Crippen molar-refractivity contribution in [2.75, 3.05) is 0 Å². The Hall–Kier alpha value is -6.81. The van der Waals surface area contributed by atoms with Crippen LogP contribution in [0.15, 0.2) is 72.9 Å². The maximum Gasteiger partial charge on any atom is 0.265 e. The van der Waals surface area contributed by atoms with E-state index in [2.05, 4.69) is 12.1 Å². The van der Waals surface area contributed by atoms with Crippen LogP contribution in [0.25, 0.3) is 10.9 Å². The third-order valence-corrected chi connectivity index (χ3v) is 9.33. The normalized spacial score (nSPS) is 11.5. The fraction of sp³-hybridized carbons (Fsp3) is 0. The molecule has 0 aliphatic heterocycles. The third-order valence-electron chi connectivity index (χ3n) is 9.33. The molecule has 0 N–H and O–H groups in total. The van der Waals surface area contributed by atoms with Crippen molar-refractivity contribution in [3.8, 4) is 5.75 Å². The molecule has 1 aromatic heterocycles. The first-order chi connectivity index (χ1) is 29.1. The van der Waals surface area contributed by atoms with Gasteiger partial charge in [-0.2, -0.15) is 0 Å². The van der Waals surface area contributed by atoms with E-state index in [9.17, 15) is 52.7 Å². The largest absolute Gasteiger partial charge is 0.265 e. The van der Waals surface area contributed by atoms with Gasteiger partial charge in [0.05, 0.1) is 5.39 Å². The van der Waals surface area contributed by atoms with Crippen molar-refractivity contribution in [2.24, 2.45) is 0 Å². The summed E-state index contributed by atoms with van der Waals surface area (Å²) in [4.78, 5) is 5.81. The average molecular weight is 901 g/mol. The van der Waals surface area contributed by atoms with Gasteiger partial charge in [-0.25, -0.2) is 92.6 Å². The topological polar surface area (TPSA) is 13.1 Å². The molecule has 62 heavy (non-hydrogen) atoms. The van der Waals surface area contributed by atoms with Crippen LogP contribution in [0, 0.1) is 116 Å². The number of hydrogen-bond acceptors (Lipinski definition) is 1. The van der Waals surface area contributed by atoms with Crippen LogP contribution in [-0.4, -0.2) is 6.15 Å². The Morgan fingerprint density at radius 3 is 0.871 bits per heavy atom. The smallest absolute Gasteiger partial charge is 0.231 e. The zero-order valence-electron chi connectivity index (χ0n) is 29.4. The van der Waals surface area contributed by atoms with Crippen LogP contribution in [0.4, 0.5) is 87.8 Å². The molecule has 2 nitrogen and oxygen atoms in total. The van der Waals surface area contributed by atoms with Gasteiger partial charge in [0.15, 0.2) is 69.8 Å². The first kappa shape index (κ1) is 44.7. The van der Waals surface area contributed by atoms with Crippen molar-refractivity contribution in [1.82, 2.24) is 0 Å². The van der Waals surface area contributed by atoms with Gasteiger partial charge in [0.2, 0.25) is 11.9 Å². The molecule has 7 aromatic rings. The summed E-state index contributed by atoms with van der Waals surface area (Å²) in [7, 11) is 0.